The van der Waals surface area contributed by atoms with Gasteiger partial charge in [0.15, 0.2) is 5.84 Å². The summed E-state index contributed by atoms with van der Waals surface area (Å²) in [7, 11) is 1.65. The van der Waals surface area contributed by atoms with Crippen LogP contribution in [0.1, 0.15) is 68.3 Å². The molecule has 1 aromatic rings. The Morgan fingerprint density at radius 3 is 2.54 bits per heavy atom. The first-order valence-electron chi connectivity index (χ1n) is 13.3. The van der Waals surface area contributed by atoms with Crippen LogP contribution in [0.3, 0.4) is 0 Å². The number of carbonyl (C=O) groups is 1. The van der Waals surface area contributed by atoms with Crippen molar-refractivity contribution >= 4 is 23.9 Å². The van der Waals surface area contributed by atoms with Gasteiger partial charge < -0.3 is 14.7 Å². The van der Waals surface area contributed by atoms with Crippen LogP contribution < -0.4 is 4.74 Å². The predicted molar refractivity (Wildman–Crippen MR) is 155 cm³/mol. The van der Waals surface area contributed by atoms with Crippen LogP contribution in [0.2, 0.25) is 0 Å². The highest BCUT2D eigenvalue weighted by atomic mass is 32.2. The molecule has 0 unspecified atom stereocenters. The van der Waals surface area contributed by atoms with Gasteiger partial charge in [-0.2, -0.15) is 19.4 Å². The summed E-state index contributed by atoms with van der Waals surface area (Å²) in [6, 6.07) is 2.14. The molecule has 0 saturated carbocycles. The third kappa shape index (κ3) is 5.74. The van der Waals surface area contributed by atoms with Crippen molar-refractivity contribution in [1.82, 2.24) is 29.8 Å². The number of aromatic nitrogens is 4. The van der Waals surface area contributed by atoms with E-state index in [9.17, 15) is 9.90 Å². The number of amidine groups is 1. The monoisotopic (exact) mass is 553 g/mol. The van der Waals surface area contributed by atoms with Gasteiger partial charge in [-0.3, -0.25) is 9.88 Å². The van der Waals surface area contributed by atoms with Crippen molar-refractivity contribution in [3.05, 3.63) is 45.9 Å². The van der Waals surface area contributed by atoms with Crippen molar-refractivity contribution in [3.63, 3.8) is 0 Å². The number of nitrogens with zero attached hydrogens (tertiary/aromatic N) is 7. The van der Waals surface area contributed by atoms with Gasteiger partial charge in [0.25, 0.3) is 0 Å². The maximum absolute atomic E-state index is 12.5. The third-order valence-electron chi connectivity index (χ3n) is 7.21. The lowest BCUT2D eigenvalue weighted by atomic mass is 10.0. The largest absolute Gasteiger partial charge is 0.496 e. The predicted octanol–water partition coefficient (Wildman–Crippen LogP) is 5.02. The van der Waals surface area contributed by atoms with Crippen LogP contribution in [0.15, 0.2) is 16.7 Å². The molecule has 0 bridgehead atoms. The smallest absolute Gasteiger partial charge is 0.413 e. The molecule has 39 heavy (non-hydrogen) atoms. The van der Waals surface area contributed by atoms with Crippen LogP contribution in [0.25, 0.3) is 11.3 Å². The summed E-state index contributed by atoms with van der Waals surface area (Å²) in [5, 5.41) is 20.1. The second-order valence-electron chi connectivity index (χ2n) is 10.8. The summed E-state index contributed by atoms with van der Waals surface area (Å²) in [4.78, 5) is 22.5. The molecule has 0 radical (unpaired) electrons. The minimum Gasteiger partial charge on any atom is -0.496 e. The number of pyridine rings is 1. The van der Waals surface area contributed by atoms with Crippen molar-refractivity contribution in [2.75, 3.05) is 26.7 Å². The van der Waals surface area contributed by atoms with Gasteiger partial charge in [0.1, 0.15) is 18.0 Å². The minimum absolute atomic E-state index is 0.309. The zero-order chi connectivity index (χ0) is 28.5. The standard InChI is InChI=1S/C28H39N7O3S/c1-9-33(10-2)12-11-19-13-21-23-20(19)16-39-32-26(35(27(36)37)28(5,6)7)24(23)31-34(30-21)15-22-18(4)25(38-8)17(3)14-29-22/h13-14H,9-12,15-16H2,1-8H3,(H,36,37). The second kappa shape index (κ2) is 11.5. The summed E-state index contributed by atoms with van der Waals surface area (Å²) in [6.07, 6.45) is 1.59. The van der Waals surface area contributed by atoms with Gasteiger partial charge >= 0.3 is 6.09 Å². The fourth-order valence-electron chi connectivity index (χ4n) is 5.14. The van der Waals surface area contributed by atoms with Crippen molar-refractivity contribution < 1.29 is 14.6 Å². The lowest BCUT2D eigenvalue weighted by Gasteiger charge is -2.33. The third-order valence-corrected chi connectivity index (χ3v) is 7.93. The number of likely N-dealkylation sites (N-methyl/N-ethyl adjacent to an activating group) is 1. The van der Waals surface area contributed by atoms with Gasteiger partial charge in [-0.1, -0.05) is 13.8 Å². The number of aryl methyl sites for hydroxylation is 1. The summed E-state index contributed by atoms with van der Waals surface area (Å²) in [5.74, 6) is 1.75. The second-order valence-corrected chi connectivity index (χ2v) is 11.5. The summed E-state index contributed by atoms with van der Waals surface area (Å²) in [6.45, 7) is 17.1. The van der Waals surface area contributed by atoms with Crippen molar-refractivity contribution in [1.29, 1.82) is 0 Å². The Morgan fingerprint density at radius 2 is 1.92 bits per heavy atom. The van der Waals surface area contributed by atoms with Crippen LogP contribution in [-0.4, -0.2) is 79.1 Å². The number of hydrogen-bond donors (Lipinski definition) is 1. The summed E-state index contributed by atoms with van der Waals surface area (Å²) in [5.41, 5.74) is 6.48. The molecule has 2 aliphatic heterocycles. The molecule has 0 aromatic carbocycles. The normalized spacial score (nSPS) is 13.5. The molecule has 0 spiro atoms. The molecule has 0 fully saturated rings. The number of ether oxygens (including phenoxy) is 1. The number of rotatable bonds is 8. The molecule has 1 N–H and O–H groups in total. The van der Waals surface area contributed by atoms with Crippen LogP contribution in [-0.2, 0) is 18.7 Å². The van der Waals surface area contributed by atoms with E-state index in [0.29, 0.717) is 23.8 Å². The van der Waals surface area contributed by atoms with Crippen LogP contribution >= 0.6 is 11.9 Å². The fraction of sp³-hybridized carbons (Fsp3) is 0.536. The van der Waals surface area contributed by atoms with E-state index in [4.69, 9.17) is 19.3 Å². The Morgan fingerprint density at radius 1 is 1.21 bits per heavy atom. The molecule has 4 rings (SSSR count). The average molecular weight is 554 g/mol. The Labute approximate surface area is 234 Å². The summed E-state index contributed by atoms with van der Waals surface area (Å²) >= 11 is 1.36. The molecule has 1 aromatic heterocycles. The van der Waals surface area contributed by atoms with Gasteiger partial charge in [0, 0.05) is 40.7 Å². The van der Waals surface area contributed by atoms with E-state index in [2.05, 4.69) is 29.8 Å². The molecule has 0 atom stereocenters. The maximum atomic E-state index is 12.5. The fourth-order valence-corrected chi connectivity index (χ4v) is 5.95. The first-order valence-corrected chi connectivity index (χ1v) is 14.3. The molecule has 1 aliphatic carbocycles. The van der Waals surface area contributed by atoms with Crippen LogP contribution in [0.4, 0.5) is 4.79 Å². The topological polar surface area (TPSA) is 109 Å². The SMILES string of the molecule is CCN(CC)CCc1cc2nn(Cc3ncc(C)c(OC)c3C)nc3c-2c1CSN=C3N(C(=O)O)C(C)(C)C. The Hall–Kier alpha value is -3.18. The molecule has 11 heteroatoms. The van der Waals surface area contributed by atoms with E-state index in [1.807, 2.05) is 34.6 Å². The molecule has 3 heterocycles. The Balaban J connectivity index is 1.89. The minimum atomic E-state index is -1.07. The number of carboxylic acid groups (broad SMARTS) is 1. The highest BCUT2D eigenvalue weighted by molar-refractivity contribution is 7.97. The molecule has 1 amide bonds. The van der Waals surface area contributed by atoms with Crippen molar-refractivity contribution in [2.24, 2.45) is 4.40 Å². The number of methoxy groups -OCH3 is 1. The molecule has 210 valence electrons. The number of hydrogen-bond acceptors (Lipinski definition) is 8. The van der Waals surface area contributed by atoms with E-state index in [0.717, 1.165) is 65.4 Å². The van der Waals surface area contributed by atoms with E-state index in [1.54, 1.807) is 18.1 Å². The molecular formula is C28H39N7O3S. The van der Waals surface area contributed by atoms with Gasteiger partial charge in [-0.15, -0.1) is 0 Å². The lowest BCUT2D eigenvalue weighted by Crippen LogP contribution is -2.49. The van der Waals surface area contributed by atoms with Gasteiger partial charge in [0.05, 0.1) is 18.5 Å². The Bertz CT molecular complexity index is 1360. The van der Waals surface area contributed by atoms with Gasteiger partial charge in [-0.05, 0) is 83.3 Å². The van der Waals surface area contributed by atoms with E-state index in [-0.39, 0.29) is 0 Å². The van der Waals surface area contributed by atoms with Crippen LogP contribution in [0.5, 0.6) is 5.75 Å². The first kappa shape index (κ1) is 28.8. The van der Waals surface area contributed by atoms with Gasteiger partial charge in [-0.25, -0.2) is 4.79 Å². The maximum Gasteiger partial charge on any atom is 0.413 e. The van der Waals surface area contributed by atoms with E-state index < -0.39 is 11.6 Å². The molecule has 10 nitrogen and oxygen atoms in total. The molecule has 3 aliphatic rings. The number of amides is 1. The molecule has 0 saturated heterocycles. The van der Waals surface area contributed by atoms with Crippen molar-refractivity contribution in [3.8, 4) is 17.0 Å². The average Bonchev–Trinajstić information content (AvgIpc) is 3.10. The van der Waals surface area contributed by atoms with E-state index in [1.165, 1.54) is 22.4 Å². The molecular weight excluding hydrogens is 514 g/mol. The lowest BCUT2D eigenvalue weighted by molar-refractivity contribution is 0.141. The zero-order valence-corrected chi connectivity index (χ0v) is 25.0. The van der Waals surface area contributed by atoms with Gasteiger partial charge in [0.2, 0.25) is 0 Å². The summed E-state index contributed by atoms with van der Waals surface area (Å²) < 4.78 is 10.3. The van der Waals surface area contributed by atoms with E-state index >= 15 is 0 Å². The quantitative estimate of drug-likeness (QED) is 0.387. The highest BCUT2D eigenvalue weighted by Crippen LogP contribution is 2.40. The van der Waals surface area contributed by atoms with Crippen molar-refractivity contribution in [2.45, 2.75) is 72.7 Å². The van der Waals surface area contributed by atoms with Crippen LogP contribution in [0, 0.1) is 13.8 Å². The zero-order valence-electron chi connectivity index (χ0n) is 24.2. The Kier molecular flexibility index (Phi) is 8.51. The highest BCUT2D eigenvalue weighted by Gasteiger charge is 2.37. The first-order chi connectivity index (χ1) is 18.5.